The maximum Gasteiger partial charge on any atom is 0.314 e. The third kappa shape index (κ3) is 2.52. The first-order chi connectivity index (χ1) is 9.22. The van der Waals surface area contributed by atoms with E-state index in [0.29, 0.717) is 30.1 Å². The molecule has 1 saturated carbocycles. The van der Waals surface area contributed by atoms with Gasteiger partial charge in [0.05, 0.1) is 6.20 Å². The molecule has 3 N–H and O–H groups in total. The number of fused-ring (bicyclic) bond motifs is 2. The molecule has 2 aliphatic rings. The summed E-state index contributed by atoms with van der Waals surface area (Å²) >= 11 is 0. The van der Waals surface area contributed by atoms with E-state index in [1.165, 1.54) is 12.6 Å². The van der Waals surface area contributed by atoms with Crippen molar-refractivity contribution in [3.63, 3.8) is 0 Å². The lowest BCUT2D eigenvalue weighted by atomic mass is 9.94. The van der Waals surface area contributed by atoms with Gasteiger partial charge in [-0.2, -0.15) is 5.10 Å². The summed E-state index contributed by atoms with van der Waals surface area (Å²) in [6.45, 7) is 0.570. The molecule has 100 valence electrons. The van der Waals surface area contributed by atoms with Crippen LogP contribution in [0.3, 0.4) is 0 Å². The minimum Gasteiger partial charge on any atom is -0.348 e. The van der Waals surface area contributed by atoms with Gasteiger partial charge < -0.3 is 10.6 Å². The van der Waals surface area contributed by atoms with Crippen molar-refractivity contribution >= 4 is 17.6 Å². The van der Waals surface area contributed by atoms with Gasteiger partial charge in [0, 0.05) is 12.6 Å². The van der Waals surface area contributed by atoms with Gasteiger partial charge >= 0.3 is 11.8 Å². The summed E-state index contributed by atoms with van der Waals surface area (Å²) in [5, 5.41) is 11.4. The standard InChI is InChI=1S/C13H16N4O2/c18-12(13(19)16-11-3-4-15-17-11)14-7-10-6-8-1-2-9(10)5-8/h1-4,8-10H,5-7H2,(H,14,18)(H2,15,16,17,19)/t8-,9+,10-/m1/s1. The molecular weight excluding hydrogens is 244 g/mol. The highest BCUT2D eigenvalue weighted by Gasteiger charge is 2.35. The summed E-state index contributed by atoms with van der Waals surface area (Å²) in [6, 6.07) is 1.59. The van der Waals surface area contributed by atoms with Crippen LogP contribution in [0.5, 0.6) is 0 Å². The fourth-order valence-corrected chi connectivity index (χ4v) is 2.94. The van der Waals surface area contributed by atoms with Crippen LogP contribution in [0, 0.1) is 17.8 Å². The number of aromatic nitrogens is 2. The Hall–Kier alpha value is -2.11. The molecule has 0 radical (unpaired) electrons. The molecule has 6 nitrogen and oxygen atoms in total. The third-order valence-electron chi connectivity index (χ3n) is 3.90. The molecule has 6 heteroatoms. The molecule has 0 spiro atoms. The molecule has 0 saturated heterocycles. The van der Waals surface area contributed by atoms with Crippen molar-refractivity contribution in [1.29, 1.82) is 0 Å². The summed E-state index contributed by atoms with van der Waals surface area (Å²) in [4.78, 5) is 23.2. The third-order valence-corrected chi connectivity index (χ3v) is 3.90. The van der Waals surface area contributed by atoms with Gasteiger partial charge in [-0.1, -0.05) is 12.2 Å². The number of allylic oxidation sites excluding steroid dienone is 2. The van der Waals surface area contributed by atoms with Crippen molar-refractivity contribution in [3.05, 3.63) is 24.4 Å². The molecule has 19 heavy (non-hydrogen) atoms. The molecule has 1 aromatic heterocycles. The summed E-state index contributed by atoms with van der Waals surface area (Å²) in [7, 11) is 0. The maximum absolute atomic E-state index is 11.7. The largest absolute Gasteiger partial charge is 0.348 e. The van der Waals surface area contributed by atoms with Crippen molar-refractivity contribution in [2.75, 3.05) is 11.9 Å². The second-order valence-corrected chi connectivity index (χ2v) is 5.17. The average molecular weight is 260 g/mol. The lowest BCUT2D eigenvalue weighted by Gasteiger charge is -2.18. The lowest BCUT2D eigenvalue weighted by Crippen LogP contribution is -2.38. The number of anilines is 1. The van der Waals surface area contributed by atoms with Crippen molar-refractivity contribution in [2.24, 2.45) is 17.8 Å². The number of H-pyrrole nitrogens is 1. The van der Waals surface area contributed by atoms with Crippen LogP contribution in [0.15, 0.2) is 24.4 Å². The SMILES string of the molecule is O=C(NC[C@H]1C[C@@H]2C=C[C@H]1C2)C(=O)Nc1ccn[nH]1. The molecule has 0 aromatic carbocycles. The fourth-order valence-electron chi connectivity index (χ4n) is 2.94. The zero-order valence-corrected chi connectivity index (χ0v) is 10.4. The molecular formula is C13H16N4O2. The van der Waals surface area contributed by atoms with Crippen LogP contribution < -0.4 is 10.6 Å². The first-order valence-electron chi connectivity index (χ1n) is 6.49. The number of carbonyl (C=O) groups excluding carboxylic acids is 2. The van der Waals surface area contributed by atoms with Gasteiger partial charge in [0.15, 0.2) is 0 Å². The Morgan fingerprint density at radius 1 is 1.32 bits per heavy atom. The zero-order chi connectivity index (χ0) is 13.2. The Kier molecular flexibility index (Phi) is 3.06. The smallest absolute Gasteiger partial charge is 0.314 e. The number of hydrogen-bond donors (Lipinski definition) is 3. The highest BCUT2D eigenvalue weighted by molar-refractivity contribution is 6.39. The van der Waals surface area contributed by atoms with Crippen molar-refractivity contribution in [3.8, 4) is 0 Å². The normalized spacial score (nSPS) is 27.5. The average Bonchev–Trinajstić information content (AvgIpc) is 3.12. The van der Waals surface area contributed by atoms with Gasteiger partial charge in [0.1, 0.15) is 5.82 Å². The van der Waals surface area contributed by atoms with Gasteiger partial charge in [-0.3, -0.25) is 14.7 Å². The van der Waals surface area contributed by atoms with E-state index in [-0.39, 0.29) is 0 Å². The first-order valence-corrected chi connectivity index (χ1v) is 6.49. The molecule has 1 heterocycles. The van der Waals surface area contributed by atoms with Crippen LogP contribution in [-0.4, -0.2) is 28.6 Å². The topological polar surface area (TPSA) is 86.9 Å². The Morgan fingerprint density at radius 3 is 2.84 bits per heavy atom. The van der Waals surface area contributed by atoms with E-state index in [4.69, 9.17) is 0 Å². The molecule has 0 aliphatic heterocycles. The van der Waals surface area contributed by atoms with E-state index < -0.39 is 11.8 Å². The van der Waals surface area contributed by atoms with E-state index >= 15 is 0 Å². The Labute approximate surface area is 110 Å². The van der Waals surface area contributed by atoms with Gasteiger partial charge in [-0.15, -0.1) is 0 Å². The predicted octanol–water partition coefficient (Wildman–Crippen LogP) is 0.677. The molecule has 2 amide bonds. The summed E-state index contributed by atoms with van der Waals surface area (Å²) in [5.41, 5.74) is 0. The monoisotopic (exact) mass is 260 g/mol. The second kappa shape index (κ2) is 4.87. The van der Waals surface area contributed by atoms with Crippen molar-refractivity contribution < 1.29 is 9.59 Å². The number of carbonyl (C=O) groups is 2. The van der Waals surface area contributed by atoms with Crippen LogP contribution in [-0.2, 0) is 9.59 Å². The van der Waals surface area contributed by atoms with Crippen molar-refractivity contribution in [1.82, 2.24) is 15.5 Å². The Balaban J connectivity index is 1.46. The number of hydrogen-bond acceptors (Lipinski definition) is 3. The van der Waals surface area contributed by atoms with Crippen molar-refractivity contribution in [2.45, 2.75) is 12.8 Å². The Morgan fingerprint density at radius 2 is 2.21 bits per heavy atom. The maximum atomic E-state index is 11.7. The minimum absolute atomic E-state index is 0.419. The zero-order valence-electron chi connectivity index (χ0n) is 10.4. The van der Waals surface area contributed by atoms with Crippen LogP contribution in [0.2, 0.25) is 0 Å². The second-order valence-electron chi connectivity index (χ2n) is 5.17. The molecule has 1 fully saturated rings. The molecule has 1 aromatic rings. The number of aromatic amines is 1. The van der Waals surface area contributed by atoms with Gasteiger partial charge in [-0.05, 0) is 30.6 Å². The quantitative estimate of drug-likeness (QED) is 0.551. The summed E-state index contributed by atoms with van der Waals surface area (Å²) < 4.78 is 0. The lowest BCUT2D eigenvalue weighted by molar-refractivity contribution is -0.136. The van der Waals surface area contributed by atoms with Crippen LogP contribution in [0.1, 0.15) is 12.8 Å². The van der Waals surface area contributed by atoms with E-state index in [9.17, 15) is 9.59 Å². The Bertz CT molecular complexity index is 509. The van der Waals surface area contributed by atoms with Crippen LogP contribution >= 0.6 is 0 Å². The highest BCUT2D eigenvalue weighted by atomic mass is 16.2. The number of amides is 2. The van der Waals surface area contributed by atoms with Gasteiger partial charge in [-0.25, -0.2) is 0 Å². The van der Waals surface area contributed by atoms with Crippen LogP contribution in [0.4, 0.5) is 5.82 Å². The van der Waals surface area contributed by atoms with E-state index in [1.807, 2.05) is 0 Å². The number of rotatable bonds is 3. The molecule has 0 unspecified atom stereocenters. The predicted molar refractivity (Wildman–Crippen MR) is 69.1 cm³/mol. The molecule has 3 atom stereocenters. The van der Waals surface area contributed by atoms with Crippen LogP contribution in [0.25, 0.3) is 0 Å². The summed E-state index contributed by atoms with van der Waals surface area (Å²) in [6.07, 6.45) is 8.31. The van der Waals surface area contributed by atoms with E-state index in [1.54, 1.807) is 6.07 Å². The molecule has 2 bridgehead atoms. The molecule has 3 rings (SSSR count). The van der Waals surface area contributed by atoms with Gasteiger partial charge in [0.2, 0.25) is 0 Å². The number of nitrogens with zero attached hydrogens (tertiary/aromatic N) is 1. The number of nitrogens with one attached hydrogen (secondary N) is 3. The fraction of sp³-hybridized carbons (Fsp3) is 0.462. The highest BCUT2D eigenvalue weighted by Crippen LogP contribution is 2.42. The van der Waals surface area contributed by atoms with E-state index in [0.717, 1.165) is 6.42 Å². The van der Waals surface area contributed by atoms with Gasteiger partial charge in [0.25, 0.3) is 0 Å². The minimum atomic E-state index is -0.664. The molecule has 2 aliphatic carbocycles. The first kappa shape index (κ1) is 12.0. The van der Waals surface area contributed by atoms with E-state index in [2.05, 4.69) is 33.0 Å². The summed E-state index contributed by atoms with van der Waals surface area (Å²) in [5.74, 6) is 0.873.